The van der Waals surface area contributed by atoms with Gasteiger partial charge in [-0.15, -0.1) is 0 Å². The summed E-state index contributed by atoms with van der Waals surface area (Å²) >= 11 is 0. The monoisotopic (exact) mass is 126 g/mol. The smallest absolute Gasteiger partial charge is 0.268 e. The van der Waals surface area contributed by atoms with Crippen LogP contribution in [-0.2, 0) is 4.74 Å². The Morgan fingerprint density at radius 1 is 1.50 bits per heavy atom. The molecular weight excluding hydrogens is 114 g/mol. The molecule has 52 valence electrons. The van der Waals surface area contributed by atoms with Crippen molar-refractivity contribution in [2.75, 3.05) is 13.7 Å². The fourth-order valence-electron chi connectivity index (χ4n) is 0.253. The summed E-state index contributed by atoms with van der Waals surface area (Å²) in [6, 6.07) is 0. The third kappa shape index (κ3) is 9.27. The van der Waals surface area contributed by atoms with E-state index in [1.165, 1.54) is 7.11 Å². The van der Waals surface area contributed by atoms with Gasteiger partial charge in [-0.1, -0.05) is 7.43 Å². The van der Waals surface area contributed by atoms with Crippen molar-refractivity contribution < 1.29 is 13.5 Å². The van der Waals surface area contributed by atoms with Crippen molar-refractivity contribution in [2.45, 2.75) is 20.3 Å². The first kappa shape index (κ1) is 10.7. The van der Waals surface area contributed by atoms with E-state index in [4.69, 9.17) is 0 Å². The molecule has 0 saturated heterocycles. The Hall–Kier alpha value is -0.180. The molecule has 0 aromatic rings. The lowest BCUT2D eigenvalue weighted by atomic mass is 10.4. The zero-order valence-electron chi connectivity index (χ0n) is 4.37. The van der Waals surface area contributed by atoms with Crippen LogP contribution >= 0.6 is 0 Å². The summed E-state index contributed by atoms with van der Waals surface area (Å²) in [5.74, 6) is -2.67. The van der Waals surface area contributed by atoms with Crippen molar-refractivity contribution in [3.63, 3.8) is 0 Å². The summed E-state index contributed by atoms with van der Waals surface area (Å²) in [6.07, 6.45) is 0. The zero-order valence-corrected chi connectivity index (χ0v) is 4.37. The Morgan fingerprint density at radius 3 is 1.88 bits per heavy atom. The highest BCUT2D eigenvalue weighted by Crippen LogP contribution is 2.09. The predicted molar refractivity (Wildman–Crippen MR) is 29.2 cm³/mol. The number of methoxy groups -OCH3 is 1. The van der Waals surface area contributed by atoms with Gasteiger partial charge < -0.3 is 4.74 Å². The Bertz CT molecular complexity index is 48.9. The first-order valence-electron chi connectivity index (χ1n) is 1.93. The fraction of sp³-hybridized carbons (Fsp3) is 1.00. The van der Waals surface area contributed by atoms with Crippen LogP contribution in [-0.4, -0.2) is 19.6 Å². The van der Waals surface area contributed by atoms with Gasteiger partial charge in [-0.05, 0) is 0 Å². The van der Waals surface area contributed by atoms with E-state index in [1.54, 1.807) is 0 Å². The van der Waals surface area contributed by atoms with Crippen molar-refractivity contribution in [1.82, 2.24) is 0 Å². The van der Waals surface area contributed by atoms with E-state index < -0.39 is 12.5 Å². The molecule has 0 aliphatic heterocycles. The van der Waals surface area contributed by atoms with Crippen LogP contribution in [0.15, 0.2) is 0 Å². The number of halogens is 2. The SMILES string of the molecule is C.COCC(C)(F)F. The second kappa shape index (κ2) is 3.78. The molecule has 0 aromatic heterocycles. The highest BCUT2D eigenvalue weighted by atomic mass is 19.3. The quantitative estimate of drug-likeness (QED) is 0.549. The van der Waals surface area contributed by atoms with E-state index in [9.17, 15) is 8.78 Å². The van der Waals surface area contributed by atoms with Gasteiger partial charge in [0.1, 0.15) is 6.61 Å². The molecule has 0 atom stereocenters. The summed E-state index contributed by atoms with van der Waals surface area (Å²) in [4.78, 5) is 0. The molecule has 0 heterocycles. The molecule has 0 aromatic carbocycles. The minimum absolute atomic E-state index is 0. The van der Waals surface area contributed by atoms with Crippen LogP contribution in [0, 0.1) is 0 Å². The van der Waals surface area contributed by atoms with E-state index in [1.807, 2.05) is 0 Å². The van der Waals surface area contributed by atoms with E-state index >= 15 is 0 Å². The molecule has 0 spiro atoms. The molecule has 0 unspecified atom stereocenters. The van der Waals surface area contributed by atoms with E-state index in [0.29, 0.717) is 0 Å². The Labute approximate surface area is 48.6 Å². The van der Waals surface area contributed by atoms with Crippen molar-refractivity contribution in [1.29, 1.82) is 0 Å². The standard InChI is InChI=1S/C4H8F2O.CH4/c1-4(5,6)3-7-2;/h3H2,1-2H3;1H4. The molecule has 0 radical (unpaired) electrons. The van der Waals surface area contributed by atoms with Gasteiger partial charge in [0, 0.05) is 14.0 Å². The number of hydrogen-bond donors (Lipinski definition) is 0. The third-order valence-electron chi connectivity index (χ3n) is 0.398. The Morgan fingerprint density at radius 2 is 1.88 bits per heavy atom. The van der Waals surface area contributed by atoms with E-state index in [2.05, 4.69) is 4.74 Å². The van der Waals surface area contributed by atoms with Crippen molar-refractivity contribution >= 4 is 0 Å². The van der Waals surface area contributed by atoms with Gasteiger partial charge >= 0.3 is 0 Å². The molecule has 0 rings (SSSR count). The van der Waals surface area contributed by atoms with Crippen LogP contribution in [0.1, 0.15) is 14.4 Å². The van der Waals surface area contributed by atoms with Crippen LogP contribution in [0.3, 0.4) is 0 Å². The van der Waals surface area contributed by atoms with Gasteiger partial charge in [-0.2, -0.15) is 0 Å². The average Bonchev–Trinajstić information content (AvgIpc) is 1.30. The second-order valence-electron chi connectivity index (χ2n) is 1.50. The number of alkyl halides is 2. The molecule has 1 nitrogen and oxygen atoms in total. The first-order chi connectivity index (χ1) is 3.06. The normalized spacial score (nSPS) is 10.5. The van der Waals surface area contributed by atoms with Crippen molar-refractivity contribution in [3.05, 3.63) is 0 Å². The molecule has 3 heteroatoms. The number of rotatable bonds is 2. The van der Waals surface area contributed by atoms with E-state index in [0.717, 1.165) is 6.92 Å². The van der Waals surface area contributed by atoms with Gasteiger partial charge in [0.2, 0.25) is 0 Å². The van der Waals surface area contributed by atoms with Gasteiger partial charge in [0.25, 0.3) is 5.92 Å². The fourth-order valence-corrected chi connectivity index (χ4v) is 0.253. The molecule has 0 bridgehead atoms. The third-order valence-corrected chi connectivity index (χ3v) is 0.398. The van der Waals surface area contributed by atoms with Crippen LogP contribution in [0.5, 0.6) is 0 Å². The molecular formula is C5H12F2O. The molecule has 0 aliphatic carbocycles. The summed E-state index contributed by atoms with van der Waals surface area (Å²) in [5, 5.41) is 0. The van der Waals surface area contributed by atoms with Crippen LogP contribution in [0.2, 0.25) is 0 Å². The van der Waals surface area contributed by atoms with Crippen LogP contribution in [0.4, 0.5) is 8.78 Å². The largest absolute Gasteiger partial charge is 0.378 e. The maximum atomic E-state index is 11.6. The molecule has 0 fully saturated rings. The Kier molecular flexibility index (Phi) is 5.07. The van der Waals surface area contributed by atoms with Crippen molar-refractivity contribution in [2.24, 2.45) is 0 Å². The molecule has 0 aliphatic rings. The highest BCUT2D eigenvalue weighted by Gasteiger charge is 2.19. The van der Waals surface area contributed by atoms with Crippen LogP contribution < -0.4 is 0 Å². The van der Waals surface area contributed by atoms with Crippen molar-refractivity contribution in [3.8, 4) is 0 Å². The number of ether oxygens (including phenoxy) is 1. The Balaban J connectivity index is 0. The predicted octanol–water partition coefficient (Wildman–Crippen LogP) is 1.92. The maximum absolute atomic E-state index is 11.6. The summed E-state index contributed by atoms with van der Waals surface area (Å²) in [5.41, 5.74) is 0. The minimum atomic E-state index is -2.67. The summed E-state index contributed by atoms with van der Waals surface area (Å²) < 4.78 is 27.4. The number of hydrogen-bond acceptors (Lipinski definition) is 1. The average molecular weight is 126 g/mol. The topological polar surface area (TPSA) is 9.23 Å². The lowest BCUT2D eigenvalue weighted by molar-refractivity contribution is -0.0479. The zero-order chi connectivity index (χ0) is 5.91. The lowest BCUT2D eigenvalue weighted by Crippen LogP contribution is -2.16. The lowest BCUT2D eigenvalue weighted by Gasteiger charge is -2.05. The molecule has 0 amide bonds. The second-order valence-corrected chi connectivity index (χ2v) is 1.50. The molecule has 0 saturated carbocycles. The van der Waals surface area contributed by atoms with Gasteiger partial charge in [-0.3, -0.25) is 0 Å². The highest BCUT2D eigenvalue weighted by molar-refractivity contribution is 4.52. The summed E-state index contributed by atoms with van der Waals surface area (Å²) in [7, 11) is 1.25. The maximum Gasteiger partial charge on any atom is 0.268 e. The van der Waals surface area contributed by atoms with Gasteiger partial charge in [0.15, 0.2) is 0 Å². The minimum Gasteiger partial charge on any atom is -0.378 e. The first-order valence-corrected chi connectivity index (χ1v) is 1.93. The summed E-state index contributed by atoms with van der Waals surface area (Å²) in [6.45, 7) is 0.323. The van der Waals surface area contributed by atoms with E-state index in [-0.39, 0.29) is 7.43 Å². The molecule has 0 N–H and O–H groups in total. The van der Waals surface area contributed by atoms with Gasteiger partial charge in [0.05, 0.1) is 0 Å². The van der Waals surface area contributed by atoms with Crippen LogP contribution in [0.25, 0.3) is 0 Å². The van der Waals surface area contributed by atoms with Gasteiger partial charge in [-0.25, -0.2) is 8.78 Å². The molecule has 8 heavy (non-hydrogen) atoms.